The Bertz CT molecular complexity index is 646. The Kier molecular flexibility index (Phi) is 9.96. The van der Waals surface area contributed by atoms with Gasteiger partial charge in [0.15, 0.2) is 11.1 Å². The van der Waals surface area contributed by atoms with Crippen LogP contribution in [0.1, 0.15) is 63.5 Å². The molecule has 1 aliphatic carbocycles. The van der Waals surface area contributed by atoms with Gasteiger partial charge in [-0.15, -0.1) is 35.3 Å². The van der Waals surface area contributed by atoms with Crippen LogP contribution in [0.15, 0.2) is 10.4 Å². The van der Waals surface area contributed by atoms with Crippen molar-refractivity contribution in [3.63, 3.8) is 0 Å². The zero-order chi connectivity index (χ0) is 19.9. The van der Waals surface area contributed by atoms with E-state index in [1.54, 1.807) is 11.3 Å². The maximum Gasteiger partial charge on any atom is 0.191 e. The lowest BCUT2D eigenvalue weighted by Crippen LogP contribution is -2.51. The molecule has 1 saturated carbocycles. The molecule has 2 N–H and O–H groups in total. The Balaban J connectivity index is 0.00000256. The van der Waals surface area contributed by atoms with Gasteiger partial charge in [0.05, 0.1) is 5.69 Å². The number of anilines is 1. The first kappa shape index (κ1) is 24.0. The summed E-state index contributed by atoms with van der Waals surface area (Å²) in [5.74, 6) is 0.941. The van der Waals surface area contributed by atoms with Gasteiger partial charge in [-0.2, -0.15) is 0 Å². The number of guanidine groups is 1. The highest BCUT2D eigenvalue weighted by Crippen LogP contribution is 2.26. The number of aliphatic imine (C=N–C) groups is 1. The summed E-state index contributed by atoms with van der Waals surface area (Å²) < 4.78 is 0. The third-order valence-electron chi connectivity index (χ3n) is 6.77. The molecule has 4 rings (SSSR count). The summed E-state index contributed by atoms with van der Waals surface area (Å²) in [7, 11) is 1.88. The van der Waals surface area contributed by atoms with Crippen LogP contribution in [0.4, 0.5) is 5.13 Å². The fourth-order valence-corrected chi connectivity index (χ4v) is 5.93. The molecule has 2 aliphatic heterocycles. The number of hydrogen-bond acceptors (Lipinski definition) is 5. The van der Waals surface area contributed by atoms with E-state index in [0.29, 0.717) is 6.04 Å². The minimum absolute atomic E-state index is 0. The molecule has 6 nitrogen and oxygen atoms in total. The molecule has 0 unspecified atom stereocenters. The van der Waals surface area contributed by atoms with Crippen LogP contribution in [0.5, 0.6) is 0 Å². The molecule has 30 heavy (non-hydrogen) atoms. The average Bonchev–Trinajstić information content (AvgIpc) is 3.46. The molecule has 0 spiro atoms. The molecule has 8 heteroatoms. The van der Waals surface area contributed by atoms with Crippen LogP contribution in [-0.4, -0.2) is 67.7 Å². The van der Waals surface area contributed by atoms with Crippen LogP contribution in [-0.2, 0) is 6.42 Å². The van der Waals surface area contributed by atoms with Gasteiger partial charge in [-0.1, -0.05) is 19.3 Å². The average molecular weight is 547 g/mol. The van der Waals surface area contributed by atoms with Gasteiger partial charge in [-0.3, -0.25) is 4.99 Å². The van der Waals surface area contributed by atoms with Gasteiger partial charge in [0.2, 0.25) is 0 Å². The van der Waals surface area contributed by atoms with E-state index < -0.39 is 0 Å². The molecule has 0 atom stereocenters. The number of halogens is 1. The van der Waals surface area contributed by atoms with Gasteiger partial charge in [-0.25, -0.2) is 4.98 Å². The van der Waals surface area contributed by atoms with Crippen LogP contribution in [0.3, 0.4) is 0 Å². The van der Waals surface area contributed by atoms with E-state index >= 15 is 0 Å². The first-order valence-corrected chi connectivity index (χ1v) is 12.6. The van der Waals surface area contributed by atoms with Crippen LogP contribution < -0.4 is 15.5 Å². The third kappa shape index (κ3) is 6.69. The highest BCUT2D eigenvalue weighted by molar-refractivity contribution is 14.0. The largest absolute Gasteiger partial charge is 0.356 e. The van der Waals surface area contributed by atoms with E-state index in [0.717, 1.165) is 25.0 Å². The number of nitrogens with one attached hydrogen (secondary N) is 2. The SMILES string of the molecule is CN=C(NCCc1csc(N2CCCC2)n1)NC1CCN(C2CCCCC2)CC1.I. The molecule has 2 saturated heterocycles. The molecule has 1 aromatic rings. The van der Waals surface area contributed by atoms with Gasteiger partial charge in [0.1, 0.15) is 0 Å². The van der Waals surface area contributed by atoms with E-state index in [2.05, 4.69) is 30.8 Å². The Morgan fingerprint density at radius 1 is 1.07 bits per heavy atom. The first-order chi connectivity index (χ1) is 14.3. The van der Waals surface area contributed by atoms with E-state index in [1.165, 1.54) is 94.8 Å². The first-order valence-electron chi connectivity index (χ1n) is 11.7. The van der Waals surface area contributed by atoms with Crippen molar-refractivity contribution in [2.45, 2.75) is 76.3 Å². The van der Waals surface area contributed by atoms with Crippen LogP contribution in [0.25, 0.3) is 0 Å². The highest BCUT2D eigenvalue weighted by Gasteiger charge is 2.26. The maximum absolute atomic E-state index is 4.82. The number of nitrogens with zero attached hydrogens (tertiary/aromatic N) is 4. The predicted molar refractivity (Wildman–Crippen MR) is 139 cm³/mol. The van der Waals surface area contributed by atoms with Crippen molar-refractivity contribution >= 4 is 46.4 Å². The van der Waals surface area contributed by atoms with Gasteiger partial charge in [0.25, 0.3) is 0 Å². The van der Waals surface area contributed by atoms with Crippen molar-refractivity contribution in [1.82, 2.24) is 20.5 Å². The summed E-state index contributed by atoms with van der Waals surface area (Å²) in [4.78, 5) is 14.4. The van der Waals surface area contributed by atoms with Gasteiger partial charge < -0.3 is 20.4 Å². The van der Waals surface area contributed by atoms with Crippen LogP contribution >= 0.6 is 35.3 Å². The molecule has 3 fully saturated rings. The lowest BCUT2D eigenvalue weighted by Gasteiger charge is -2.39. The van der Waals surface area contributed by atoms with Gasteiger partial charge in [-0.05, 0) is 38.5 Å². The van der Waals surface area contributed by atoms with Gasteiger partial charge >= 0.3 is 0 Å². The van der Waals surface area contributed by atoms with Crippen molar-refractivity contribution in [1.29, 1.82) is 0 Å². The summed E-state index contributed by atoms with van der Waals surface area (Å²) in [6.45, 7) is 5.68. The number of piperidine rings is 1. The fourth-order valence-electron chi connectivity index (χ4n) is 5.02. The number of thiazole rings is 1. The molecule has 3 aliphatic rings. The maximum atomic E-state index is 4.82. The molecule has 3 heterocycles. The predicted octanol–water partition coefficient (Wildman–Crippen LogP) is 3.87. The van der Waals surface area contributed by atoms with Crippen molar-refractivity contribution in [2.75, 3.05) is 44.7 Å². The van der Waals surface area contributed by atoms with Crippen molar-refractivity contribution in [3.8, 4) is 0 Å². The minimum Gasteiger partial charge on any atom is -0.356 e. The van der Waals surface area contributed by atoms with E-state index in [4.69, 9.17) is 4.98 Å². The lowest BCUT2D eigenvalue weighted by molar-refractivity contribution is 0.119. The Labute approximate surface area is 203 Å². The van der Waals surface area contributed by atoms with Crippen molar-refractivity contribution < 1.29 is 0 Å². The second-order valence-corrected chi connectivity index (χ2v) is 9.65. The molecule has 0 bridgehead atoms. The summed E-state index contributed by atoms with van der Waals surface area (Å²) in [6.07, 6.45) is 13.1. The van der Waals surface area contributed by atoms with Crippen molar-refractivity contribution in [2.24, 2.45) is 4.99 Å². The highest BCUT2D eigenvalue weighted by atomic mass is 127. The molecule has 1 aromatic heterocycles. The smallest absolute Gasteiger partial charge is 0.191 e. The standard InChI is InChI=1S/C22H38N6S.HI/c1-23-21(24-12-9-19-17-29-22(26-19)28-13-5-6-14-28)25-18-10-15-27(16-11-18)20-7-3-2-4-8-20;/h17-18,20H,2-16H2,1H3,(H2,23,24,25);1H. The monoisotopic (exact) mass is 546 g/mol. The molecular weight excluding hydrogens is 507 g/mol. The molecule has 0 amide bonds. The fraction of sp³-hybridized carbons (Fsp3) is 0.818. The molecular formula is C22H39IN6S. The van der Waals surface area contributed by atoms with Crippen molar-refractivity contribution in [3.05, 3.63) is 11.1 Å². The second kappa shape index (κ2) is 12.4. The van der Waals surface area contributed by atoms with Crippen LogP contribution in [0.2, 0.25) is 0 Å². The van der Waals surface area contributed by atoms with E-state index in [9.17, 15) is 0 Å². The normalized spacial score (nSPS) is 22.2. The quantitative estimate of drug-likeness (QED) is 0.323. The summed E-state index contributed by atoms with van der Waals surface area (Å²) in [5.41, 5.74) is 1.20. The topological polar surface area (TPSA) is 55.8 Å². The Hall–Kier alpha value is -0.610. The summed E-state index contributed by atoms with van der Waals surface area (Å²) in [6, 6.07) is 1.40. The molecule has 0 radical (unpaired) electrons. The Morgan fingerprint density at radius 2 is 1.80 bits per heavy atom. The summed E-state index contributed by atoms with van der Waals surface area (Å²) in [5, 5.41) is 10.6. The van der Waals surface area contributed by atoms with Gasteiger partial charge in [0, 0.05) is 63.7 Å². The third-order valence-corrected chi connectivity index (χ3v) is 7.73. The van der Waals surface area contributed by atoms with Crippen LogP contribution in [0, 0.1) is 0 Å². The number of rotatable bonds is 6. The minimum atomic E-state index is 0. The van der Waals surface area contributed by atoms with E-state index in [1.807, 2.05) is 7.05 Å². The Morgan fingerprint density at radius 3 is 2.50 bits per heavy atom. The number of aromatic nitrogens is 1. The number of likely N-dealkylation sites (tertiary alicyclic amines) is 1. The zero-order valence-electron chi connectivity index (χ0n) is 18.4. The van der Waals surface area contributed by atoms with E-state index in [-0.39, 0.29) is 24.0 Å². The molecule has 0 aromatic carbocycles. The lowest BCUT2D eigenvalue weighted by atomic mass is 9.92. The number of hydrogen-bond donors (Lipinski definition) is 2. The second-order valence-electron chi connectivity index (χ2n) is 8.81. The summed E-state index contributed by atoms with van der Waals surface area (Å²) >= 11 is 1.79. The zero-order valence-corrected chi connectivity index (χ0v) is 21.6. The molecule has 170 valence electrons.